The van der Waals surface area contributed by atoms with E-state index in [9.17, 15) is 18.5 Å². The lowest BCUT2D eigenvalue weighted by atomic mass is 10.1. The first-order chi connectivity index (χ1) is 13.0. The van der Waals surface area contributed by atoms with Crippen LogP contribution >= 0.6 is 0 Å². The Morgan fingerprint density at radius 2 is 1.74 bits per heavy atom. The van der Waals surface area contributed by atoms with Crippen LogP contribution in [-0.4, -0.2) is 33.0 Å². The fourth-order valence-corrected chi connectivity index (χ4v) is 4.27. The highest BCUT2D eigenvalue weighted by Gasteiger charge is 2.17. The number of non-ortho nitro benzene ring substituents is 1. The third kappa shape index (κ3) is 5.05. The standard InChI is InChI=1S/C19H23N3O4S/c23-22(24)18-5-4-6-19(15-18)27(25,26)20-12-11-16-7-9-17(10-8-16)21-13-2-1-3-14-21/h4-10,15,20H,1-3,11-14H2. The summed E-state index contributed by atoms with van der Waals surface area (Å²) in [5.41, 5.74) is 2.00. The van der Waals surface area contributed by atoms with Crippen LogP contribution in [0.3, 0.4) is 0 Å². The summed E-state index contributed by atoms with van der Waals surface area (Å²) in [5, 5.41) is 10.8. The SMILES string of the molecule is O=[N+]([O-])c1cccc(S(=O)(=O)NCCc2ccc(N3CCCCC3)cc2)c1. The number of nitrogens with one attached hydrogen (secondary N) is 1. The molecule has 1 heterocycles. The van der Waals surface area contributed by atoms with Crippen LogP contribution in [0.15, 0.2) is 53.4 Å². The fourth-order valence-electron chi connectivity index (χ4n) is 3.20. The average Bonchev–Trinajstić information content (AvgIpc) is 2.69. The molecule has 1 N–H and O–H groups in total. The van der Waals surface area contributed by atoms with Crippen molar-refractivity contribution in [2.45, 2.75) is 30.6 Å². The van der Waals surface area contributed by atoms with Gasteiger partial charge in [-0.2, -0.15) is 0 Å². The van der Waals surface area contributed by atoms with Crippen LogP contribution in [0, 0.1) is 10.1 Å². The Labute approximate surface area is 159 Å². The lowest BCUT2D eigenvalue weighted by Gasteiger charge is -2.28. The Kier molecular flexibility index (Phi) is 6.08. The molecular formula is C19H23N3O4S. The number of nitro benzene ring substituents is 1. The number of nitrogens with zero attached hydrogens (tertiary/aromatic N) is 2. The van der Waals surface area contributed by atoms with Crippen LogP contribution in [0.2, 0.25) is 0 Å². The molecule has 1 aliphatic rings. The highest BCUT2D eigenvalue weighted by molar-refractivity contribution is 7.89. The van der Waals surface area contributed by atoms with Gasteiger partial charge in [0.1, 0.15) is 0 Å². The third-order valence-corrected chi connectivity index (χ3v) is 6.16. The van der Waals surface area contributed by atoms with Crippen LogP contribution < -0.4 is 9.62 Å². The molecule has 0 radical (unpaired) electrons. The molecule has 0 bridgehead atoms. The second-order valence-electron chi connectivity index (χ2n) is 6.62. The molecule has 0 unspecified atom stereocenters. The molecule has 0 aliphatic carbocycles. The van der Waals surface area contributed by atoms with Crippen molar-refractivity contribution < 1.29 is 13.3 Å². The maximum absolute atomic E-state index is 12.3. The highest BCUT2D eigenvalue weighted by atomic mass is 32.2. The van der Waals surface area contributed by atoms with E-state index in [0.717, 1.165) is 24.7 Å². The summed E-state index contributed by atoms with van der Waals surface area (Å²) < 4.78 is 27.1. The molecule has 1 aliphatic heterocycles. The zero-order valence-electron chi connectivity index (χ0n) is 15.0. The maximum Gasteiger partial charge on any atom is 0.270 e. The van der Waals surface area contributed by atoms with Crippen molar-refractivity contribution in [2.75, 3.05) is 24.5 Å². The zero-order valence-corrected chi connectivity index (χ0v) is 15.8. The minimum atomic E-state index is -3.77. The first kappa shape index (κ1) is 19.3. The average molecular weight is 389 g/mol. The molecule has 7 nitrogen and oxygen atoms in total. The number of sulfonamides is 1. The van der Waals surface area contributed by atoms with Gasteiger partial charge in [-0.15, -0.1) is 0 Å². The fraction of sp³-hybridized carbons (Fsp3) is 0.368. The van der Waals surface area contributed by atoms with E-state index in [1.807, 2.05) is 12.1 Å². The highest BCUT2D eigenvalue weighted by Crippen LogP contribution is 2.20. The Morgan fingerprint density at radius 1 is 1.04 bits per heavy atom. The second-order valence-corrected chi connectivity index (χ2v) is 8.38. The van der Waals surface area contributed by atoms with E-state index in [0.29, 0.717) is 6.42 Å². The molecule has 27 heavy (non-hydrogen) atoms. The molecule has 1 fully saturated rings. The van der Waals surface area contributed by atoms with E-state index in [1.165, 1.54) is 43.1 Å². The van der Waals surface area contributed by atoms with Crippen LogP contribution in [0.5, 0.6) is 0 Å². The Morgan fingerprint density at radius 3 is 2.41 bits per heavy atom. The molecule has 0 saturated carbocycles. The number of nitro groups is 1. The number of piperidine rings is 1. The van der Waals surface area contributed by atoms with Crippen molar-refractivity contribution in [3.8, 4) is 0 Å². The Bertz CT molecular complexity index is 891. The van der Waals surface area contributed by atoms with Crippen LogP contribution in [0.1, 0.15) is 24.8 Å². The summed E-state index contributed by atoms with van der Waals surface area (Å²) in [6.45, 7) is 2.40. The van der Waals surface area contributed by atoms with Crippen LogP contribution in [0.4, 0.5) is 11.4 Å². The van der Waals surface area contributed by atoms with Gasteiger partial charge in [0.05, 0.1) is 9.82 Å². The molecular weight excluding hydrogens is 366 g/mol. The Hall–Kier alpha value is -2.45. The summed E-state index contributed by atoms with van der Waals surface area (Å²) in [6.07, 6.45) is 4.29. The number of hydrogen-bond acceptors (Lipinski definition) is 5. The van der Waals surface area contributed by atoms with Crippen LogP contribution in [-0.2, 0) is 16.4 Å². The van der Waals surface area contributed by atoms with Gasteiger partial charge in [-0.1, -0.05) is 18.2 Å². The summed E-state index contributed by atoms with van der Waals surface area (Å²) in [7, 11) is -3.77. The normalized spacial score (nSPS) is 14.9. The van der Waals surface area contributed by atoms with Gasteiger partial charge < -0.3 is 4.90 Å². The van der Waals surface area contributed by atoms with Gasteiger partial charge in [0.15, 0.2) is 0 Å². The van der Waals surface area contributed by atoms with Gasteiger partial charge >= 0.3 is 0 Å². The van der Waals surface area contributed by atoms with Crippen molar-refractivity contribution in [1.82, 2.24) is 4.72 Å². The number of anilines is 1. The molecule has 0 aromatic heterocycles. The second kappa shape index (κ2) is 8.49. The first-order valence-corrected chi connectivity index (χ1v) is 10.5. The summed E-state index contributed by atoms with van der Waals surface area (Å²) in [4.78, 5) is 12.5. The molecule has 144 valence electrons. The van der Waals surface area contributed by atoms with E-state index in [-0.39, 0.29) is 17.1 Å². The van der Waals surface area contributed by atoms with Crippen molar-refractivity contribution >= 4 is 21.4 Å². The van der Waals surface area contributed by atoms with Crippen LogP contribution in [0.25, 0.3) is 0 Å². The predicted molar refractivity (Wildman–Crippen MR) is 104 cm³/mol. The minimum Gasteiger partial charge on any atom is -0.372 e. The van der Waals surface area contributed by atoms with E-state index >= 15 is 0 Å². The molecule has 0 amide bonds. The molecule has 1 saturated heterocycles. The molecule has 0 atom stereocenters. The minimum absolute atomic E-state index is 0.0999. The van der Waals surface area contributed by atoms with Crippen molar-refractivity contribution in [2.24, 2.45) is 0 Å². The monoisotopic (exact) mass is 389 g/mol. The summed E-state index contributed by atoms with van der Waals surface area (Å²) in [5.74, 6) is 0. The topological polar surface area (TPSA) is 92.5 Å². The quantitative estimate of drug-likeness (QED) is 0.580. The van der Waals surface area contributed by atoms with Gasteiger partial charge in [-0.05, 0) is 49.4 Å². The van der Waals surface area contributed by atoms with Crippen molar-refractivity contribution in [1.29, 1.82) is 0 Å². The largest absolute Gasteiger partial charge is 0.372 e. The summed E-state index contributed by atoms with van der Waals surface area (Å²) >= 11 is 0. The number of hydrogen-bond donors (Lipinski definition) is 1. The Balaban J connectivity index is 1.57. The van der Waals surface area contributed by atoms with Gasteiger partial charge in [-0.3, -0.25) is 10.1 Å². The first-order valence-electron chi connectivity index (χ1n) is 9.04. The predicted octanol–water partition coefficient (Wildman–Crippen LogP) is 3.11. The van der Waals surface area contributed by atoms with Gasteiger partial charge in [0.25, 0.3) is 5.69 Å². The third-order valence-electron chi connectivity index (χ3n) is 4.70. The lowest BCUT2D eigenvalue weighted by Crippen LogP contribution is -2.29. The maximum atomic E-state index is 12.3. The van der Waals surface area contributed by atoms with E-state index in [4.69, 9.17) is 0 Å². The molecule has 8 heteroatoms. The van der Waals surface area contributed by atoms with E-state index in [2.05, 4.69) is 21.8 Å². The molecule has 2 aromatic rings. The lowest BCUT2D eigenvalue weighted by molar-refractivity contribution is -0.385. The van der Waals surface area contributed by atoms with Gasteiger partial charge in [0, 0.05) is 37.5 Å². The smallest absolute Gasteiger partial charge is 0.270 e. The van der Waals surface area contributed by atoms with E-state index < -0.39 is 14.9 Å². The number of benzene rings is 2. The zero-order chi connectivity index (χ0) is 19.3. The van der Waals surface area contributed by atoms with Crippen molar-refractivity contribution in [3.05, 3.63) is 64.2 Å². The van der Waals surface area contributed by atoms with Crippen molar-refractivity contribution in [3.63, 3.8) is 0 Å². The van der Waals surface area contributed by atoms with E-state index in [1.54, 1.807) is 0 Å². The molecule has 0 spiro atoms. The summed E-state index contributed by atoms with van der Waals surface area (Å²) in [6, 6.07) is 13.2. The van der Waals surface area contributed by atoms with Gasteiger partial charge in [0.2, 0.25) is 10.0 Å². The number of rotatable bonds is 7. The molecule has 3 rings (SSSR count). The van der Waals surface area contributed by atoms with Gasteiger partial charge in [-0.25, -0.2) is 13.1 Å². The molecule has 2 aromatic carbocycles.